The van der Waals surface area contributed by atoms with Crippen molar-refractivity contribution in [1.82, 2.24) is 9.97 Å². The van der Waals surface area contributed by atoms with E-state index in [9.17, 15) is 5.11 Å². The number of β-amino-alcohol motifs (C(OH)–C–C–N with tert-alkyl or cyclic N) is 1. The van der Waals surface area contributed by atoms with Gasteiger partial charge in [-0.15, -0.1) is 0 Å². The Balaban J connectivity index is 2.27. The first-order chi connectivity index (χ1) is 6.66. The molecule has 1 aromatic heterocycles. The minimum atomic E-state index is -0.211. The van der Waals surface area contributed by atoms with E-state index >= 15 is 0 Å². The third kappa shape index (κ3) is 1.70. The fourth-order valence-electron chi connectivity index (χ4n) is 1.76. The Labute approximate surface area is 83.6 Å². The van der Waals surface area contributed by atoms with Gasteiger partial charge in [-0.3, -0.25) is 4.98 Å². The first-order valence-corrected chi connectivity index (χ1v) is 4.90. The van der Waals surface area contributed by atoms with E-state index in [0.29, 0.717) is 6.54 Å². The van der Waals surface area contributed by atoms with E-state index in [4.69, 9.17) is 0 Å². The standard InChI is InChI=1S/C10H15N3O/c1-7-5-11-8(2)10(12-7)13-4-3-9(14)6-13/h5,9,14H,3-4,6H2,1-2H3. The molecule has 1 unspecified atom stereocenters. The molecule has 1 saturated heterocycles. The number of hydrogen-bond acceptors (Lipinski definition) is 4. The molecule has 0 aliphatic carbocycles. The number of hydrogen-bond donors (Lipinski definition) is 1. The number of nitrogens with zero attached hydrogens (tertiary/aromatic N) is 3. The smallest absolute Gasteiger partial charge is 0.150 e. The highest BCUT2D eigenvalue weighted by Crippen LogP contribution is 2.20. The van der Waals surface area contributed by atoms with E-state index in [-0.39, 0.29) is 6.10 Å². The molecule has 2 rings (SSSR count). The molecule has 0 bridgehead atoms. The van der Waals surface area contributed by atoms with Crippen molar-refractivity contribution in [2.45, 2.75) is 26.4 Å². The Hall–Kier alpha value is -1.16. The van der Waals surface area contributed by atoms with E-state index in [2.05, 4.69) is 14.9 Å². The number of rotatable bonds is 1. The summed E-state index contributed by atoms with van der Waals surface area (Å²) >= 11 is 0. The zero-order chi connectivity index (χ0) is 10.1. The van der Waals surface area contributed by atoms with Gasteiger partial charge in [-0.25, -0.2) is 4.98 Å². The van der Waals surface area contributed by atoms with E-state index in [0.717, 1.165) is 30.2 Å². The largest absolute Gasteiger partial charge is 0.391 e. The van der Waals surface area contributed by atoms with Gasteiger partial charge in [-0.1, -0.05) is 0 Å². The molecule has 0 saturated carbocycles. The molecule has 0 radical (unpaired) electrons. The van der Waals surface area contributed by atoms with Crippen molar-refractivity contribution in [3.05, 3.63) is 17.6 Å². The van der Waals surface area contributed by atoms with Crippen LogP contribution in [0.1, 0.15) is 17.8 Å². The molecule has 0 spiro atoms. The second-order valence-corrected chi connectivity index (χ2v) is 3.81. The van der Waals surface area contributed by atoms with Crippen molar-refractivity contribution in [2.75, 3.05) is 18.0 Å². The fraction of sp³-hybridized carbons (Fsp3) is 0.600. The van der Waals surface area contributed by atoms with Gasteiger partial charge in [-0.2, -0.15) is 0 Å². The van der Waals surface area contributed by atoms with Crippen molar-refractivity contribution in [1.29, 1.82) is 0 Å². The summed E-state index contributed by atoms with van der Waals surface area (Å²) < 4.78 is 0. The Morgan fingerprint density at radius 2 is 2.29 bits per heavy atom. The van der Waals surface area contributed by atoms with Crippen molar-refractivity contribution < 1.29 is 5.11 Å². The van der Waals surface area contributed by atoms with Crippen LogP contribution in [-0.4, -0.2) is 34.3 Å². The maximum atomic E-state index is 9.43. The van der Waals surface area contributed by atoms with Gasteiger partial charge in [0.2, 0.25) is 0 Å². The van der Waals surface area contributed by atoms with Crippen LogP contribution in [0, 0.1) is 13.8 Å². The summed E-state index contributed by atoms with van der Waals surface area (Å²) in [4.78, 5) is 10.8. The lowest BCUT2D eigenvalue weighted by molar-refractivity contribution is 0.198. The number of aliphatic hydroxyl groups is 1. The van der Waals surface area contributed by atoms with Gasteiger partial charge in [0, 0.05) is 19.3 Å². The average molecular weight is 193 g/mol. The topological polar surface area (TPSA) is 49.2 Å². The molecule has 1 fully saturated rings. The van der Waals surface area contributed by atoms with Gasteiger partial charge in [0.1, 0.15) is 5.82 Å². The highest BCUT2D eigenvalue weighted by atomic mass is 16.3. The molecule has 0 amide bonds. The summed E-state index contributed by atoms with van der Waals surface area (Å²) in [6.45, 7) is 5.44. The van der Waals surface area contributed by atoms with Gasteiger partial charge >= 0.3 is 0 Å². The van der Waals surface area contributed by atoms with Crippen LogP contribution >= 0.6 is 0 Å². The average Bonchev–Trinajstić information content (AvgIpc) is 2.56. The summed E-state index contributed by atoms with van der Waals surface area (Å²) in [7, 11) is 0. The lowest BCUT2D eigenvalue weighted by Gasteiger charge is -2.18. The quantitative estimate of drug-likeness (QED) is 0.712. The molecule has 14 heavy (non-hydrogen) atoms. The van der Waals surface area contributed by atoms with Gasteiger partial charge in [0.25, 0.3) is 0 Å². The van der Waals surface area contributed by atoms with Crippen LogP contribution in [0.4, 0.5) is 5.82 Å². The second kappa shape index (κ2) is 3.53. The molecule has 1 aromatic rings. The molecule has 2 heterocycles. The third-order valence-electron chi connectivity index (χ3n) is 2.51. The predicted molar refractivity (Wildman–Crippen MR) is 54.3 cm³/mol. The van der Waals surface area contributed by atoms with Gasteiger partial charge < -0.3 is 10.0 Å². The normalized spacial score (nSPS) is 21.6. The molecule has 76 valence electrons. The molecule has 1 atom stereocenters. The monoisotopic (exact) mass is 193 g/mol. The van der Waals surface area contributed by atoms with Gasteiger partial charge in [0.15, 0.2) is 0 Å². The predicted octanol–water partition coefficient (Wildman–Crippen LogP) is 0.664. The summed E-state index contributed by atoms with van der Waals surface area (Å²) in [6.07, 6.45) is 2.39. The van der Waals surface area contributed by atoms with Gasteiger partial charge in [-0.05, 0) is 20.3 Å². The van der Waals surface area contributed by atoms with E-state index in [1.54, 1.807) is 6.20 Å². The molecule has 1 N–H and O–H groups in total. The van der Waals surface area contributed by atoms with Gasteiger partial charge in [0.05, 0.1) is 17.5 Å². The number of aryl methyl sites for hydroxylation is 2. The maximum absolute atomic E-state index is 9.43. The number of anilines is 1. The van der Waals surface area contributed by atoms with Crippen molar-refractivity contribution >= 4 is 5.82 Å². The van der Waals surface area contributed by atoms with Crippen molar-refractivity contribution in [2.24, 2.45) is 0 Å². The number of aliphatic hydroxyl groups excluding tert-OH is 1. The zero-order valence-corrected chi connectivity index (χ0v) is 8.56. The first-order valence-electron chi connectivity index (χ1n) is 4.90. The third-order valence-corrected chi connectivity index (χ3v) is 2.51. The summed E-state index contributed by atoms with van der Waals surface area (Å²) in [6, 6.07) is 0. The number of aromatic nitrogens is 2. The molecular weight excluding hydrogens is 178 g/mol. The Morgan fingerprint density at radius 1 is 1.50 bits per heavy atom. The lowest BCUT2D eigenvalue weighted by atomic mass is 10.3. The zero-order valence-electron chi connectivity index (χ0n) is 8.56. The molecule has 0 aromatic carbocycles. The molecule has 4 heteroatoms. The molecule has 1 aliphatic rings. The summed E-state index contributed by atoms with van der Waals surface area (Å²) in [5, 5.41) is 9.43. The fourth-order valence-corrected chi connectivity index (χ4v) is 1.76. The first kappa shape index (κ1) is 9.40. The molecule has 1 aliphatic heterocycles. The van der Waals surface area contributed by atoms with E-state index < -0.39 is 0 Å². The highest BCUT2D eigenvalue weighted by molar-refractivity contribution is 5.44. The molecule has 4 nitrogen and oxygen atoms in total. The Kier molecular flexibility index (Phi) is 2.37. The van der Waals surface area contributed by atoms with E-state index in [1.807, 2.05) is 13.8 Å². The Bertz CT molecular complexity index is 340. The van der Waals surface area contributed by atoms with Crippen LogP contribution in [0.5, 0.6) is 0 Å². The Morgan fingerprint density at radius 3 is 2.93 bits per heavy atom. The van der Waals surface area contributed by atoms with Crippen LogP contribution in [0.2, 0.25) is 0 Å². The van der Waals surface area contributed by atoms with Crippen molar-refractivity contribution in [3.8, 4) is 0 Å². The minimum absolute atomic E-state index is 0.211. The van der Waals surface area contributed by atoms with Crippen LogP contribution in [0.3, 0.4) is 0 Å². The van der Waals surface area contributed by atoms with Crippen LogP contribution in [0.25, 0.3) is 0 Å². The minimum Gasteiger partial charge on any atom is -0.391 e. The van der Waals surface area contributed by atoms with Crippen LogP contribution in [-0.2, 0) is 0 Å². The summed E-state index contributed by atoms with van der Waals surface area (Å²) in [5.74, 6) is 0.918. The maximum Gasteiger partial charge on any atom is 0.150 e. The van der Waals surface area contributed by atoms with Crippen LogP contribution < -0.4 is 4.90 Å². The van der Waals surface area contributed by atoms with Crippen molar-refractivity contribution in [3.63, 3.8) is 0 Å². The summed E-state index contributed by atoms with van der Waals surface area (Å²) in [5.41, 5.74) is 1.86. The van der Waals surface area contributed by atoms with E-state index in [1.165, 1.54) is 0 Å². The highest BCUT2D eigenvalue weighted by Gasteiger charge is 2.22. The molecular formula is C10H15N3O. The second-order valence-electron chi connectivity index (χ2n) is 3.81. The lowest BCUT2D eigenvalue weighted by Crippen LogP contribution is -2.23. The SMILES string of the molecule is Cc1cnc(C)c(N2CCC(O)C2)n1. The van der Waals surface area contributed by atoms with Crippen LogP contribution in [0.15, 0.2) is 6.20 Å².